The molecular weight excluding hydrogens is 599 g/mol. The Balaban J connectivity index is 1.15. The molecule has 0 saturated carbocycles. The molecule has 1 unspecified atom stereocenters. The number of rotatable bonds is 7. The Morgan fingerprint density at radius 2 is 1.77 bits per heavy atom. The number of hydrogen-bond donors (Lipinski definition) is 4. The highest BCUT2D eigenvalue weighted by Crippen LogP contribution is 2.51. The molecule has 6 rings (SSSR count). The molecule has 3 heterocycles. The summed E-state index contributed by atoms with van der Waals surface area (Å²) in [5.41, 5.74) is 5.44. The zero-order valence-corrected chi connectivity index (χ0v) is 24.2. The van der Waals surface area contributed by atoms with Crippen LogP contribution in [-0.2, 0) is 25.0 Å². The van der Waals surface area contributed by atoms with Gasteiger partial charge in [0.2, 0.25) is 11.8 Å². The maximum absolute atomic E-state index is 14.9. The van der Waals surface area contributed by atoms with E-state index in [9.17, 15) is 27.6 Å². The summed E-state index contributed by atoms with van der Waals surface area (Å²) in [5.74, 6) is -6.99. The van der Waals surface area contributed by atoms with Gasteiger partial charge in [-0.3, -0.25) is 19.8 Å². The first-order valence-corrected chi connectivity index (χ1v) is 14.7. The van der Waals surface area contributed by atoms with Gasteiger partial charge in [0.05, 0.1) is 32.3 Å². The van der Waals surface area contributed by atoms with Gasteiger partial charge >= 0.3 is 0 Å². The second-order valence-corrected chi connectivity index (χ2v) is 11.9. The Bertz CT molecular complexity index is 1690. The van der Waals surface area contributed by atoms with Gasteiger partial charge in [-0.05, 0) is 54.4 Å². The van der Waals surface area contributed by atoms with Crippen LogP contribution in [0.25, 0.3) is 11.1 Å². The molecule has 14 heteroatoms. The lowest BCUT2D eigenvalue weighted by Crippen LogP contribution is -2.49. The van der Waals surface area contributed by atoms with Crippen molar-refractivity contribution in [3.8, 4) is 11.1 Å². The van der Waals surface area contributed by atoms with Gasteiger partial charge < -0.3 is 30.7 Å². The van der Waals surface area contributed by atoms with Crippen molar-refractivity contribution >= 4 is 34.9 Å². The average molecular weight is 628 g/mol. The van der Waals surface area contributed by atoms with Crippen LogP contribution in [0, 0.1) is 11.2 Å². The van der Waals surface area contributed by atoms with Crippen LogP contribution in [0.5, 0.6) is 0 Å². The Kier molecular flexibility index (Phi) is 7.46. The van der Waals surface area contributed by atoms with E-state index in [1.807, 2.05) is 0 Å². The molecule has 3 aliphatic rings. The van der Waals surface area contributed by atoms with E-state index >= 15 is 0 Å². The first kappa shape index (κ1) is 29.8. The van der Waals surface area contributed by atoms with Gasteiger partial charge in [-0.2, -0.15) is 8.78 Å². The minimum Gasteiger partial charge on any atom is -0.384 e. The molecule has 3 aromatic rings. The summed E-state index contributed by atoms with van der Waals surface area (Å²) in [5, 5.41) is 14.7. The van der Waals surface area contributed by atoms with Crippen molar-refractivity contribution in [3.63, 3.8) is 0 Å². The van der Waals surface area contributed by atoms with Gasteiger partial charge in [-0.25, -0.2) is 4.39 Å². The number of ether oxygens (including phenoxy) is 2. The number of nitrogens with one attached hydrogen (secondary N) is 3. The molecule has 2 aliphatic heterocycles. The summed E-state index contributed by atoms with van der Waals surface area (Å²) in [6.07, 6.45) is 0.0867. The number of carbonyl (C=O) groups excluding carboxylic acids is 3. The van der Waals surface area contributed by atoms with Crippen LogP contribution in [0.4, 0.5) is 13.2 Å². The van der Waals surface area contributed by atoms with Crippen molar-refractivity contribution in [1.29, 1.82) is 5.41 Å². The number of hydrogen-bond acceptors (Lipinski definition) is 7. The standard InChI is InChI=1S/C30H28F3N5O5S/c1-15(24-9-17(13-44-24)26(34)35)37-28(41)23-11-29(42-6-7-43-29)14-38(23)25(39)12-36-27(40)16-2-4-21-19(8-16)20-10-18(31)3-5-22(20)30(21,32)33/h2-5,8-10,13,15,23H,6-7,11-12,14H2,1H3,(H3,34,35)(H,36,40)(H,37,41)/t15?,23-/m0/s1. The van der Waals surface area contributed by atoms with Crippen molar-refractivity contribution in [2.75, 3.05) is 26.3 Å². The van der Waals surface area contributed by atoms with Gasteiger partial charge in [0.25, 0.3) is 11.8 Å². The summed E-state index contributed by atoms with van der Waals surface area (Å²) in [7, 11) is 0. The van der Waals surface area contributed by atoms with Crippen LogP contribution in [0.3, 0.4) is 0 Å². The summed E-state index contributed by atoms with van der Waals surface area (Å²) >= 11 is 1.34. The quantitative estimate of drug-likeness (QED) is 0.234. The van der Waals surface area contributed by atoms with Gasteiger partial charge in [-0.15, -0.1) is 11.3 Å². The fourth-order valence-corrected chi connectivity index (χ4v) is 6.76. The van der Waals surface area contributed by atoms with Crippen LogP contribution < -0.4 is 16.4 Å². The third-order valence-corrected chi connectivity index (χ3v) is 9.19. The normalized spacial score (nSPS) is 19.8. The number of nitrogens with two attached hydrogens (primary N) is 1. The summed E-state index contributed by atoms with van der Waals surface area (Å²) in [6, 6.07) is 6.90. The van der Waals surface area contributed by atoms with E-state index < -0.39 is 53.9 Å². The van der Waals surface area contributed by atoms with Gasteiger partial charge in [0.1, 0.15) is 17.7 Å². The average Bonchev–Trinajstić information content (AvgIpc) is 3.78. The van der Waals surface area contributed by atoms with E-state index in [0.717, 1.165) is 29.1 Å². The lowest BCUT2D eigenvalue weighted by molar-refractivity contribution is -0.152. The fraction of sp³-hybridized carbons (Fsp3) is 0.333. The molecule has 10 nitrogen and oxygen atoms in total. The molecule has 1 aliphatic carbocycles. The van der Waals surface area contributed by atoms with Crippen LogP contribution in [0.2, 0.25) is 0 Å². The molecule has 44 heavy (non-hydrogen) atoms. The van der Waals surface area contributed by atoms with Crippen molar-refractivity contribution < 1.29 is 37.0 Å². The molecule has 0 bridgehead atoms. The maximum Gasteiger partial charge on any atom is 0.299 e. The number of halogens is 3. The van der Waals surface area contributed by atoms with Crippen molar-refractivity contribution in [1.82, 2.24) is 15.5 Å². The molecule has 2 aromatic carbocycles. The van der Waals surface area contributed by atoms with E-state index in [4.69, 9.17) is 20.6 Å². The molecule has 230 valence electrons. The molecule has 0 radical (unpaired) electrons. The first-order chi connectivity index (χ1) is 20.9. The summed E-state index contributed by atoms with van der Waals surface area (Å²) < 4.78 is 55.3. The molecule has 2 saturated heterocycles. The van der Waals surface area contributed by atoms with E-state index in [0.29, 0.717) is 18.8 Å². The third kappa shape index (κ3) is 5.22. The minimum absolute atomic E-state index is 0.00203. The predicted molar refractivity (Wildman–Crippen MR) is 154 cm³/mol. The van der Waals surface area contributed by atoms with Crippen LogP contribution >= 0.6 is 11.3 Å². The number of amides is 3. The Hall–Kier alpha value is -4.27. The van der Waals surface area contributed by atoms with E-state index in [2.05, 4.69) is 10.6 Å². The Labute approximate surface area is 253 Å². The molecule has 3 amide bonds. The molecular formula is C30H28F3N5O5S. The highest BCUT2D eigenvalue weighted by atomic mass is 32.1. The zero-order chi connectivity index (χ0) is 31.4. The van der Waals surface area contributed by atoms with Gasteiger partial charge in [0.15, 0.2) is 5.79 Å². The van der Waals surface area contributed by atoms with Crippen LogP contribution in [0.15, 0.2) is 47.8 Å². The largest absolute Gasteiger partial charge is 0.384 e. The van der Waals surface area contributed by atoms with Crippen LogP contribution in [0.1, 0.15) is 51.3 Å². The number of fused-ring (bicyclic) bond motifs is 3. The third-order valence-electron chi connectivity index (χ3n) is 8.07. The highest BCUT2D eigenvalue weighted by molar-refractivity contribution is 7.10. The summed E-state index contributed by atoms with van der Waals surface area (Å²) in [6.45, 7) is 1.86. The number of carbonyl (C=O) groups is 3. The number of alkyl halides is 2. The second-order valence-electron chi connectivity index (χ2n) is 10.9. The van der Waals surface area contributed by atoms with Crippen molar-refractivity contribution in [2.45, 2.75) is 37.1 Å². The maximum atomic E-state index is 14.9. The Morgan fingerprint density at radius 3 is 2.45 bits per heavy atom. The molecule has 1 spiro atoms. The molecule has 1 aromatic heterocycles. The number of likely N-dealkylation sites (tertiary alicyclic amines) is 1. The minimum atomic E-state index is -3.34. The molecule has 2 atom stereocenters. The van der Waals surface area contributed by atoms with Crippen LogP contribution in [-0.4, -0.2) is 66.6 Å². The van der Waals surface area contributed by atoms with E-state index in [1.54, 1.807) is 18.4 Å². The lowest BCUT2D eigenvalue weighted by atomic mass is 10.0. The van der Waals surface area contributed by atoms with E-state index in [-0.39, 0.29) is 46.6 Å². The predicted octanol–water partition coefficient (Wildman–Crippen LogP) is 3.24. The summed E-state index contributed by atoms with van der Waals surface area (Å²) in [4.78, 5) is 41.9. The first-order valence-electron chi connectivity index (χ1n) is 13.8. The Morgan fingerprint density at radius 1 is 1.09 bits per heavy atom. The number of nitrogen functional groups attached to an aromatic ring is 1. The lowest BCUT2D eigenvalue weighted by Gasteiger charge is -2.25. The highest BCUT2D eigenvalue weighted by Gasteiger charge is 2.52. The number of nitrogens with zero attached hydrogens (tertiary/aromatic N) is 1. The molecule has 2 fully saturated rings. The molecule has 5 N–H and O–H groups in total. The number of amidine groups is 1. The second kappa shape index (κ2) is 11.0. The number of benzene rings is 2. The van der Waals surface area contributed by atoms with Gasteiger partial charge in [0, 0.05) is 38.9 Å². The smallest absolute Gasteiger partial charge is 0.299 e. The monoisotopic (exact) mass is 627 g/mol. The van der Waals surface area contributed by atoms with Crippen molar-refractivity contribution in [3.05, 3.63) is 80.8 Å². The SMILES string of the molecule is CC(NC(=O)[C@@H]1CC2(CN1C(=O)CNC(=O)c1ccc3c(c1)-c1cc(F)ccc1C3(F)F)OCCO2)c1cc(C(=N)N)cs1. The fourth-order valence-electron chi connectivity index (χ4n) is 5.84. The van der Waals surface area contributed by atoms with Crippen molar-refractivity contribution in [2.24, 2.45) is 5.73 Å². The topological polar surface area (TPSA) is 147 Å². The van der Waals surface area contributed by atoms with E-state index in [1.165, 1.54) is 28.4 Å². The zero-order valence-electron chi connectivity index (χ0n) is 23.4. The number of thiophene rings is 1. The van der Waals surface area contributed by atoms with Gasteiger partial charge in [-0.1, -0.05) is 6.07 Å².